The summed E-state index contributed by atoms with van der Waals surface area (Å²) >= 11 is 0. The summed E-state index contributed by atoms with van der Waals surface area (Å²) in [7, 11) is 0. The van der Waals surface area contributed by atoms with Gasteiger partial charge in [-0.3, -0.25) is 57.5 Å². The van der Waals surface area contributed by atoms with Gasteiger partial charge in [0.15, 0.2) is 0 Å². The van der Waals surface area contributed by atoms with Crippen molar-refractivity contribution >= 4 is 70.5 Å². The highest BCUT2D eigenvalue weighted by Crippen LogP contribution is 2.32. The first-order chi connectivity index (χ1) is 51.4. The van der Waals surface area contributed by atoms with Crippen LogP contribution in [0.25, 0.3) is 0 Å². The zero-order valence-corrected chi connectivity index (χ0v) is 76.2. The quantitative estimate of drug-likeness (QED) is 0.0896. The maximum atomic E-state index is 12.5. The number of piperidine rings is 1. The Balaban J connectivity index is 0.00000128. The fraction of sp³-hybridized carbons (Fsp3) is 0.798. The summed E-state index contributed by atoms with van der Waals surface area (Å²) in [5.74, 6) is 1.96. The predicted molar refractivity (Wildman–Crippen MR) is 451 cm³/mol. The molecule has 7 rings (SSSR count). The van der Waals surface area contributed by atoms with E-state index in [1.807, 2.05) is 172 Å². The first kappa shape index (κ1) is 106. The van der Waals surface area contributed by atoms with Gasteiger partial charge in [-0.2, -0.15) is 0 Å². The molecule has 24 heteroatoms. The highest BCUT2D eigenvalue weighted by Gasteiger charge is 2.38. The van der Waals surface area contributed by atoms with Crippen molar-refractivity contribution in [2.75, 3.05) is 59.1 Å². The van der Waals surface area contributed by atoms with Crippen LogP contribution in [0.15, 0.2) is 30.3 Å². The second kappa shape index (κ2) is 48.8. The summed E-state index contributed by atoms with van der Waals surface area (Å²) in [6.07, 6.45) is 12.8. The van der Waals surface area contributed by atoms with Crippen molar-refractivity contribution < 1.29 is 71.7 Å². The molecule has 0 spiro atoms. The third kappa shape index (κ3) is 51.8. The van der Waals surface area contributed by atoms with Crippen LogP contribution in [-0.4, -0.2) is 195 Å². The number of hydrogen-bond donors (Lipinski definition) is 6. The minimum absolute atomic E-state index is 0.00208. The zero-order chi connectivity index (χ0) is 87.5. The molecule has 4 atom stereocenters. The largest absolute Gasteiger partial charge is 0.376 e. The van der Waals surface area contributed by atoms with Gasteiger partial charge in [0.2, 0.25) is 47.3 Å². The summed E-state index contributed by atoms with van der Waals surface area (Å²) in [6, 6.07) is 9.37. The van der Waals surface area contributed by atoms with Gasteiger partial charge in [0.1, 0.15) is 29.6 Å². The predicted octanol–water partition coefficient (Wildman–Crippen LogP) is 13.8. The van der Waals surface area contributed by atoms with Gasteiger partial charge in [-0.05, 0) is 239 Å². The fourth-order valence-corrected chi connectivity index (χ4v) is 12.7. The summed E-state index contributed by atoms with van der Waals surface area (Å²) in [5.41, 5.74) is -0.536. The lowest BCUT2D eigenvalue weighted by Gasteiger charge is -2.41. The van der Waals surface area contributed by atoms with Gasteiger partial charge in [0.05, 0.1) is 12.1 Å². The van der Waals surface area contributed by atoms with Crippen LogP contribution in [0.3, 0.4) is 0 Å². The third-order valence-corrected chi connectivity index (χ3v) is 18.0. The number of carbonyl (C=O) groups excluding carboxylic acids is 12. The van der Waals surface area contributed by atoms with Crippen LogP contribution in [0.5, 0.6) is 0 Å². The molecule has 9 amide bonds. The molecule has 6 aliphatic rings. The molecule has 1 aliphatic carbocycles. The van der Waals surface area contributed by atoms with E-state index in [9.17, 15) is 57.5 Å². The highest BCUT2D eigenvalue weighted by atomic mass is 16.5. The number of ether oxygens (including phenoxy) is 3. The molecule has 5 saturated heterocycles. The molecule has 5 heterocycles. The molecule has 0 aromatic heterocycles. The zero-order valence-electron chi connectivity index (χ0n) is 76.2. The average molecular weight is 1600 g/mol. The third-order valence-electron chi connectivity index (χ3n) is 18.0. The number of rotatable bonds is 16. The number of benzene rings is 1. The van der Waals surface area contributed by atoms with E-state index in [-0.39, 0.29) is 145 Å². The molecule has 6 N–H and O–H groups in total. The summed E-state index contributed by atoms with van der Waals surface area (Å²) in [4.78, 5) is 144. The standard InChI is InChI=1S/C18H25NO2.C14H27NO2.C11H20N2O2.C11H19NO2.2C9H17NO2.C9H18O.C8H16N2O2/c1-18(2,3)13-16(20)14-9-11-19(12-10-14)17(21)15-7-5-4-6-8-15;1-7-15(13(2,3)4)12(16)11-8-9-17-14(5,6)10-11;1-11(2,3)12-9(14)6-8-13-7-4-5-10(13)15;1-11(2,3)12-10(14)7-8-5-4-6-9(8)13;2*1-9(2,3)10-8(11)7-5-4-6-12-7;1-7(2)6-8(10)9(3,4)5;1-6(11)9-5-7(12)10-8(2,3)4/h4-8,14H,9-13H2,1-3H3;11H,7-10H2,1-6H3;4-8H2,1-3H3,(H,12,14);8H,4-7H2,1-3H3,(H,12,14);2*7H,4-6H2,1-3H3,(H,10,11);7H,6H2,1-5H3;5H2,1-4H3,(H,9,11)(H,10,12). The van der Waals surface area contributed by atoms with Crippen LogP contribution in [-0.2, 0) is 67.0 Å². The molecule has 1 saturated carbocycles. The number of nitrogens with zero attached hydrogens (tertiary/aromatic N) is 3. The average Bonchev–Trinajstić information content (AvgIpc) is 1.65. The Labute approximate surface area is 683 Å². The molecule has 6 fully saturated rings. The van der Waals surface area contributed by atoms with Crippen LogP contribution >= 0.6 is 0 Å². The van der Waals surface area contributed by atoms with Crippen molar-refractivity contribution in [1.29, 1.82) is 0 Å². The maximum absolute atomic E-state index is 12.5. The molecular weight excluding hydrogens is 1440 g/mol. The van der Waals surface area contributed by atoms with Crippen molar-refractivity contribution in [3.63, 3.8) is 0 Å². The highest BCUT2D eigenvalue weighted by molar-refractivity contribution is 5.94. The van der Waals surface area contributed by atoms with Gasteiger partial charge in [-0.1, -0.05) is 73.6 Å². The number of nitrogens with one attached hydrogen (secondary N) is 6. The van der Waals surface area contributed by atoms with Gasteiger partial charge >= 0.3 is 0 Å². The number of amides is 9. The number of Topliss-reactive ketones (excluding diaryl/α,β-unsaturated/α-hetero) is 3. The number of carbonyl (C=O) groups is 12. The number of hydrogen-bond acceptors (Lipinski definition) is 15. The van der Waals surface area contributed by atoms with E-state index in [0.717, 1.165) is 102 Å². The van der Waals surface area contributed by atoms with Crippen molar-refractivity contribution in [1.82, 2.24) is 46.6 Å². The Kier molecular flexibility index (Phi) is 45.9. The van der Waals surface area contributed by atoms with Crippen LogP contribution in [0.4, 0.5) is 0 Å². The van der Waals surface area contributed by atoms with Gasteiger partial charge < -0.3 is 60.8 Å². The smallest absolute Gasteiger partial charge is 0.253 e. The van der Waals surface area contributed by atoms with Crippen molar-refractivity contribution in [3.8, 4) is 0 Å². The Bertz CT molecular complexity index is 3070. The van der Waals surface area contributed by atoms with Crippen molar-refractivity contribution in [2.45, 2.75) is 368 Å². The van der Waals surface area contributed by atoms with Gasteiger partial charge in [0.25, 0.3) is 5.91 Å². The van der Waals surface area contributed by atoms with Crippen molar-refractivity contribution in [3.05, 3.63) is 35.9 Å². The van der Waals surface area contributed by atoms with Crippen LogP contribution in [0, 0.1) is 34.5 Å². The molecule has 1 aromatic rings. The van der Waals surface area contributed by atoms with Gasteiger partial charge in [-0.25, -0.2) is 0 Å². The monoisotopic (exact) mass is 1590 g/mol. The SMILES string of the molecule is CC(=O)NCC(=O)NC(C)(C)C.CC(C)(C)CC(=O)C1CCN(C(=O)c2ccccc2)CC1.CC(C)(C)NC(=O)C1CCCO1.CC(C)(C)NC(=O)C1CCCO1.CC(C)(C)NC(=O)CC1CCCC1=O.CC(C)(C)NC(=O)CCN1CCCC1=O.CC(C)CC(=O)C(C)(C)C.CCN(C(=O)C1CCOC(C)(C)C1)C(C)(C)C. The lowest BCUT2D eigenvalue weighted by molar-refractivity contribution is -0.150. The van der Waals surface area contributed by atoms with Crippen LogP contribution in [0.2, 0.25) is 0 Å². The van der Waals surface area contributed by atoms with E-state index in [1.165, 1.54) is 6.92 Å². The van der Waals surface area contributed by atoms with Crippen LogP contribution < -0.4 is 31.9 Å². The Morgan fingerprint density at radius 3 is 1.40 bits per heavy atom. The van der Waals surface area contributed by atoms with E-state index >= 15 is 0 Å². The van der Waals surface area contributed by atoms with Gasteiger partial charge in [-0.15, -0.1) is 0 Å². The lowest BCUT2D eigenvalue weighted by atomic mass is 9.82. The van der Waals surface area contributed by atoms with Crippen LogP contribution in [0.1, 0.15) is 327 Å². The number of ketones is 3. The molecule has 113 heavy (non-hydrogen) atoms. The second-order valence-corrected chi connectivity index (χ2v) is 40.2. The summed E-state index contributed by atoms with van der Waals surface area (Å²) < 4.78 is 16.2. The Morgan fingerprint density at radius 2 is 1.04 bits per heavy atom. The summed E-state index contributed by atoms with van der Waals surface area (Å²) in [6.45, 7) is 65.1. The molecule has 4 unspecified atom stereocenters. The van der Waals surface area contributed by atoms with E-state index < -0.39 is 0 Å². The number of likely N-dealkylation sites (tertiary alicyclic amines) is 2. The molecule has 5 aliphatic heterocycles. The van der Waals surface area contributed by atoms with E-state index in [4.69, 9.17) is 14.2 Å². The minimum atomic E-state index is -0.241. The first-order valence-electron chi connectivity index (χ1n) is 41.6. The molecule has 1 aromatic carbocycles. The Hall–Kier alpha value is -6.66. The Morgan fingerprint density at radius 1 is 0.558 bits per heavy atom. The van der Waals surface area contributed by atoms with E-state index in [0.29, 0.717) is 82.3 Å². The van der Waals surface area contributed by atoms with E-state index in [1.54, 1.807) is 4.90 Å². The second-order valence-electron chi connectivity index (χ2n) is 40.2. The molecule has 0 radical (unpaired) electrons. The van der Waals surface area contributed by atoms with Crippen molar-refractivity contribution in [2.24, 2.45) is 34.5 Å². The summed E-state index contributed by atoms with van der Waals surface area (Å²) in [5, 5.41) is 16.7. The molecular formula is C89H159N9O15. The fourth-order valence-electron chi connectivity index (χ4n) is 12.7. The maximum Gasteiger partial charge on any atom is 0.253 e. The topological polar surface area (TPSA) is 314 Å². The molecule has 0 bridgehead atoms. The molecule has 650 valence electrons. The normalized spacial score (nSPS) is 19.2. The lowest BCUT2D eigenvalue weighted by Crippen LogP contribution is -2.50. The first-order valence-corrected chi connectivity index (χ1v) is 41.6. The molecule has 24 nitrogen and oxygen atoms in total. The van der Waals surface area contributed by atoms with E-state index in [2.05, 4.69) is 101 Å². The minimum Gasteiger partial charge on any atom is -0.376 e. The van der Waals surface area contributed by atoms with Gasteiger partial charge in [0, 0.05) is 160 Å².